The zero-order valence-corrected chi connectivity index (χ0v) is 19.7. The third-order valence-electron chi connectivity index (χ3n) is 8.18. The maximum absolute atomic E-state index is 2.77. The number of likely N-dealkylation sites (N-methyl/N-ethyl adjacent to an activating group) is 1. The van der Waals surface area contributed by atoms with Crippen molar-refractivity contribution in [2.24, 2.45) is 0 Å². The van der Waals surface area contributed by atoms with Gasteiger partial charge in [-0.3, -0.25) is 9.80 Å². The SMILES string of the molecule is CN(C1CCN(Cc2ccccc2)CC1)C1CC2c3ccccc3C1c1ccccc12.Cl. The normalized spacial score (nSPS) is 24.6. The lowest BCUT2D eigenvalue weighted by molar-refractivity contribution is 0.0748. The first-order valence-electron chi connectivity index (χ1n) is 12.0. The monoisotopic (exact) mass is 444 g/mol. The van der Waals surface area contributed by atoms with Crippen LogP contribution in [-0.4, -0.2) is 42.0 Å². The Morgan fingerprint density at radius 2 is 1.28 bits per heavy atom. The van der Waals surface area contributed by atoms with E-state index in [0.717, 1.165) is 6.54 Å². The van der Waals surface area contributed by atoms with Gasteiger partial charge in [-0.15, -0.1) is 12.4 Å². The predicted octanol–water partition coefficient (Wildman–Crippen LogP) is 6.05. The molecule has 2 bridgehead atoms. The van der Waals surface area contributed by atoms with Crippen molar-refractivity contribution in [2.75, 3.05) is 20.1 Å². The standard InChI is InChI=1S/C29H32N2.ClH/c1-30(22-15-17-31(18-16-22)20-21-9-3-2-4-10-21)28-19-27-23-11-5-7-13-25(23)29(28)26-14-8-6-12-24(26)27;/h2-14,22,27-29H,15-20H2,1H3;1H. The average Bonchev–Trinajstić information content (AvgIpc) is 2.85. The molecule has 0 spiro atoms. The summed E-state index contributed by atoms with van der Waals surface area (Å²) in [5.41, 5.74) is 7.75. The van der Waals surface area contributed by atoms with Crippen LogP contribution in [0.2, 0.25) is 0 Å². The van der Waals surface area contributed by atoms with Gasteiger partial charge in [-0.2, -0.15) is 0 Å². The molecule has 3 aromatic carbocycles. The largest absolute Gasteiger partial charge is 0.299 e. The molecule has 3 aromatic rings. The summed E-state index contributed by atoms with van der Waals surface area (Å²) in [6.07, 6.45) is 3.82. The summed E-state index contributed by atoms with van der Waals surface area (Å²) in [4.78, 5) is 5.40. The van der Waals surface area contributed by atoms with Gasteiger partial charge in [0.05, 0.1) is 0 Å². The first-order chi connectivity index (χ1) is 15.3. The van der Waals surface area contributed by atoms with E-state index in [4.69, 9.17) is 0 Å². The molecule has 1 unspecified atom stereocenters. The molecule has 1 fully saturated rings. The molecular formula is C29H33ClN2. The first-order valence-corrected chi connectivity index (χ1v) is 12.0. The molecule has 0 aromatic heterocycles. The van der Waals surface area contributed by atoms with E-state index in [2.05, 4.69) is 95.7 Å². The van der Waals surface area contributed by atoms with Crippen LogP contribution in [-0.2, 0) is 6.54 Å². The van der Waals surface area contributed by atoms with Crippen LogP contribution < -0.4 is 0 Å². The van der Waals surface area contributed by atoms with Gasteiger partial charge in [0.2, 0.25) is 0 Å². The summed E-state index contributed by atoms with van der Waals surface area (Å²) in [7, 11) is 2.41. The van der Waals surface area contributed by atoms with Crippen molar-refractivity contribution >= 4 is 12.4 Å². The van der Waals surface area contributed by atoms with Crippen LogP contribution >= 0.6 is 12.4 Å². The van der Waals surface area contributed by atoms with E-state index >= 15 is 0 Å². The Morgan fingerprint density at radius 1 is 0.750 bits per heavy atom. The Labute approximate surface area is 198 Å². The van der Waals surface area contributed by atoms with E-state index in [1.807, 2.05) is 0 Å². The zero-order chi connectivity index (χ0) is 20.8. The smallest absolute Gasteiger partial charge is 0.0251 e. The number of hydrogen-bond donors (Lipinski definition) is 0. The number of nitrogens with zero attached hydrogens (tertiary/aromatic N) is 2. The van der Waals surface area contributed by atoms with E-state index in [1.54, 1.807) is 22.3 Å². The molecule has 166 valence electrons. The van der Waals surface area contributed by atoms with Crippen molar-refractivity contribution < 1.29 is 0 Å². The molecule has 4 aliphatic rings. The van der Waals surface area contributed by atoms with Crippen molar-refractivity contribution in [3.05, 3.63) is 107 Å². The molecule has 0 radical (unpaired) electrons. The van der Waals surface area contributed by atoms with Gasteiger partial charge in [-0.25, -0.2) is 0 Å². The van der Waals surface area contributed by atoms with Crippen molar-refractivity contribution in [2.45, 2.75) is 49.7 Å². The van der Waals surface area contributed by atoms with Crippen molar-refractivity contribution in [3.63, 3.8) is 0 Å². The molecule has 1 atom stereocenters. The molecule has 3 heteroatoms. The summed E-state index contributed by atoms with van der Waals surface area (Å²) in [6, 6.07) is 30.7. The summed E-state index contributed by atoms with van der Waals surface area (Å²) >= 11 is 0. The maximum atomic E-state index is 2.77. The van der Waals surface area contributed by atoms with Gasteiger partial charge in [-0.05, 0) is 67.2 Å². The van der Waals surface area contributed by atoms with E-state index in [-0.39, 0.29) is 12.4 Å². The summed E-state index contributed by atoms with van der Waals surface area (Å²) in [5, 5.41) is 0. The molecule has 3 aliphatic carbocycles. The maximum Gasteiger partial charge on any atom is 0.0251 e. The molecule has 32 heavy (non-hydrogen) atoms. The predicted molar refractivity (Wildman–Crippen MR) is 135 cm³/mol. The third-order valence-corrected chi connectivity index (χ3v) is 8.18. The topological polar surface area (TPSA) is 6.48 Å². The van der Waals surface area contributed by atoms with Crippen LogP contribution in [0.3, 0.4) is 0 Å². The van der Waals surface area contributed by atoms with E-state index in [0.29, 0.717) is 23.9 Å². The first kappa shape index (κ1) is 21.7. The van der Waals surface area contributed by atoms with Crippen LogP contribution in [0.15, 0.2) is 78.9 Å². The fraction of sp³-hybridized carbons (Fsp3) is 0.379. The molecule has 0 N–H and O–H groups in total. The number of halogens is 1. The highest BCUT2D eigenvalue weighted by atomic mass is 35.5. The van der Waals surface area contributed by atoms with E-state index < -0.39 is 0 Å². The van der Waals surface area contributed by atoms with Crippen LogP contribution in [0, 0.1) is 0 Å². The summed E-state index contributed by atoms with van der Waals surface area (Å²) in [6.45, 7) is 3.50. The van der Waals surface area contributed by atoms with Crippen molar-refractivity contribution in [3.8, 4) is 0 Å². The molecule has 0 amide bonds. The molecule has 7 rings (SSSR count). The second kappa shape index (κ2) is 9.02. The number of hydrogen-bond acceptors (Lipinski definition) is 2. The van der Waals surface area contributed by atoms with Crippen LogP contribution in [0.5, 0.6) is 0 Å². The van der Waals surface area contributed by atoms with E-state index in [9.17, 15) is 0 Å². The van der Waals surface area contributed by atoms with Gasteiger partial charge in [-0.1, -0.05) is 78.9 Å². The number of benzene rings is 3. The van der Waals surface area contributed by atoms with Crippen LogP contribution in [0.4, 0.5) is 0 Å². The number of fused-ring (bicyclic) bond motifs is 1. The average molecular weight is 445 g/mol. The van der Waals surface area contributed by atoms with Crippen molar-refractivity contribution in [1.82, 2.24) is 9.80 Å². The van der Waals surface area contributed by atoms with Crippen LogP contribution in [0.1, 0.15) is 58.9 Å². The number of likely N-dealkylation sites (tertiary alicyclic amines) is 1. The lowest BCUT2D eigenvalue weighted by Crippen LogP contribution is -2.52. The molecule has 1 saturated heterocycles. The second-order valence-corrected chi connectivity index (χ2v) is 9.75. The number of piperidine rings is 1. The Hall–Kier alpha value is -2.13. The summed E-state index contributed by atoms with van der Waals surface area (Å²) in [5.74, 6) is 1.08. The van der Waals surface area contributed by atoms with Gasteiger partial charge < -0.3 is 0 Å². The minimum absolute atomic E-state index is 0. The van der Waals surface area contributed by atoms with Crippen molar-refractivity contribution in [1.29, 1.82) is 0 Å². The summed E-state index contributed by atoms with van der Waals surface area (Å²) < 4.78 is 0. The zero-order valence-electron chi connectivity index (χ0n) is 18.9. The van der Waals surface area contributed by atoms with E-state index in [1.165, 1.54) is 37.9 Å². The molecule has 1 aliphatic heterocycles. The van der Waals surface area contributed by atoms with Gasteiger partial charge in [0.1, 0.15) is 0 Å². The minimum atomic E-state index is 0. The molecule has 0 saturated carbocycles. The highest BCUT2D eigenvalue weighted by Crippen LogP contribution is 2.54. The van der Waals surface area contributed by atoms with Crippen LogP contribution in [0.25, 0.3) is 0 Å². The van der Waals surface area contributed by atoms with Gasteiger partial charge in [0.25, 0.3) is 0 Å². The highest BCUT2D eigenvalue weighted by molar-refractivity contribution is 5.85. The third kappa shape index (κ3) is 3.69. The van der Waals surface area contributed by atoms with Gasteiger partial charge >= 0.3 is 0 Å². The Morgan fingerprint density at radius 3 is 1.88 bits per heavy atom. The fourth-order valence-electron chi connectivity index (χ4n) is 6.60. The lowest BCUT2D eigenvalue weighted by Gasteiger charge is -2.51. The van der Waals surface area contributed by atoms with Gasteiger partial charge in [0, 0.05) is 30.5 Å². The molecular weight excluding hydrogens is 412 g/mol. The Kier molecular flexibility index (Phi) is 6.11. The lowest BCUT2D eigenvalue weighted by atomic mass is 9.61. The highest BCUT2D eigenvalue weighted by Gasteiger charge is 2.45. The molecule has 2 nitrogen and oxygen atoms in total. The Bertz CT molecular complexity index is 1010. The van der Waals surface area contributed by atoms with Gasteiger partial charge in [0.15, 0.2) is 0 Å². The number of rotatable bonds is 4. The quantitative estimate of drug-likeness (QED) is 0.483. The minimum Gasteiger partial charge on any atom is -0.299 e. The second-order valence-electron chi connectivity index (χ2n) is 9.75. The molecule has 1 heterocycles. The fourth-order valence-corrected chi connectivity index (χ4v) is 6.60. The Balaban J connectivity index is 0.00000216.